The number of allylic oxidation sites excluding steroid dienone is 1. The van der Waals surface area contributed by atoms with Crippen molar-refractivity contribution in [1.29, 1.82) is 0 Å². The van der Waals surface area contributed by atoms with E-state index >= 15 is 0 Å². The Labute approximate surface area is 66.1 Å². The van der Waals surface area contributed by atoms with Gasteiger partial charge in [-0.25, -0.2) is 0 Å². The van der Waals surface area contributed by atoms with Crippen LogP contribution in [-0.2, 0) is 4.79 Å². The highest BCUT2D eigenvalue weighted by Gasteiger charge is 2.43. The number of likely N-dealkylation sites (tertiary alicyclic amines) is 1. The van der Waals surface area contributed by atoms with E-state index < -0.39 is 0 Å². The van der Waals surface area contributed by atoms with Crippen molar-refractivity contribution >= 4 is 5.91 Å². The molecule has 1 amide bonds. The van der Waals surface area contributed by atoms with Gasteiger partial charge in [-0.2, -0.15) is 0 Å². The minimum absolute atomic E-state index is 0.0810. The Morgan fingerprint density at radius 2 is 2.55 bits per heavy atom. The van der Waals surface area contributed by atoms with Crippen LogP contribution in [-0.4, -0.2) is 29.4 Å². The van der Waals surface area contributed by atoms with Crippen molar-refractivity contribution in [2.24, 2.45) is 0 Å². The molecule has 0 saturated carbocycles. The molecule has 1 N–H and O–H groups in total. The summed E-state index contributed by atoms with van der Waals surface area (Å²) >= 11 is 0. The fourth-order valence-electron chi connectivity index (χ4n) is 1.91. The van der Waals surface area contributed by atoms with Crippen LogP contribution in [0.15, 0.2) is 12.3 Å². The Balaban J connectivity index is 2.18. The van der Waals surface area contributed by atoms with Gasteiger partial charge in [-0.1, -0.05) is 6.58 Å². The Bertz CT molecular complexity index is 224. The fraction of sp³-hybridized carbons (Fsp3) is 0.625. The van der Waals surface area contributed by atoms with Gasteiger partial charge in [0.25, 0.3) is 0 Å². The number of rotatable bonds is 1. The molecule has 2 atom stereocenters. The first-order chi connectivity index (χ1) is 5.18. The zero-order chi connectivity index (χ0) is 8.01. The van der Waals surface area contributed by atoms with Crippen molar-refractivity contribution in [2.75, 3.05) is 6.54 Å². The van der Waals surface area contributed by atoms with Gasteiger partial charge in [-0.05, 0) is 13.3 Å². The largest absolute Gasteiger partial charge is 0.362 e. The van der Waals surface area contributed by atoms with E-state index in [1.807, 2.05) is 6.92 Å². The van der Waals surface area contributed by atoms with Crippen molar-refractivity contribution in [1.82, 2.24) is 10.2 Å². The molecule has 2 aliphatic heterocycles. The van der Waals surface area contributed by atoms with Crippen LogP contribution >= 0.6 is 0 Å². The van der Waals surface area contributed by atoms with Crippen LogP contribution in [0.25, 0.3) is 0 Å². The first-order valence-corrected chi connectivity index (χ1v) is 3.91. The average Bonchev–Trinajstić information content (AvgIpc) is 2.43. The summed E-state index contributed by atoms with van der Waals surface area (Å²) < 4.78 is 0. The molecule has 0 radical (unpaired) electrons. The summed E-state index contributed by atoms with van der Waals surface area (Å²) in [6, 6.07) is 0.460. The smallest absolute Gasteiger partial charge is 0.243 e. The van der Waals surface area contributed by atoms with Gasteiger partial charge in [0.2, 0.25) is 5.91 Å². The van der Waals surface area contributed by atoms with Gasteiger partial charge in [0, 0.05) is 18.3 Å². The van der Waals surface area contributed by atoms with Gasteiger partial charge >= 0.3 is 0 Å². The zero-order valence-corrected chi connectivity index (χ0v) is 6.63. The second-order valence-electron chi connectivity index (χ2n) is 3.34. The molecular weight excluding hydrogens is 140 g/mol. The van der Waals surface area contributed by atoms with Gasteiger partial charge in [0.05, 0.1) is 0 Å². The molecule has 2 heterocycles. The van der Waals surface area contributed by atoms with E-state index in [1.54, 1.807) is 0 Å². The maximum Gasteiger partial charge on any atom is 0.243 e. The van der Waals surface area contributed by atoms with Crippen LogP contribution in [0.2, 0.25) is 0 Å². The first kappa shape index (κ1) is 6.70. The molecule has 0 aromatic rings. The third kappa shape index (κ3) is 0.836. The number of carbonyl (C=O) groups excluding carboxylic acids is 1. The number of hydrogen-bond donors (Lipinski definition) is 1. The summed E-state index contributed by atoms with van der Waals surface area (Å²) in [7, 11) is 0. The lowest BCUT2D eigenvalue weighted by Gasteiger charge is -2.28. The predicted molar refractivity (Wildman–Crippen MR) is 41.9 cm³/mol. The lowest BCUT2D eigenvalue weighted by molar-refractivity contribution is -0.124. The average molecular weight is 152 g/mol. The monoisotopic (exact) mass is 152 g/mol. The number of amides is 1. The normalized spacial score (nSPS) is 34.3. The summed E-state index contributed by atoms with van der Waals surface area (Å²) in [5, 5.41) is 2.92. The second kappa shape index (κ2) is 2.00. The van der Waals surface area contributed by atoms with Gasteiger partial charge in [-0.15, -0.1) is 0 Å². The van der Waals surface area contributed by atoms with E-state index in [4.69, 9.17) is 0 Å². The molecule has 11 heavy (non-hydrogen) atoms. The lowest BCUT2D eigenvalue weighted by Crippen LogP contribution is -2.46. The van der Waals surface area contributed by atoms with E-state index in [9.17, 15) is 4.79 Å². The van der Waals surface area contributed by atoms with E-state index in [0.29, 0.717) is 6.04 Å². The highest BCUT2D eigenvalue weighted by atomic mass is 16.2. The molecule has 2 bridgehead atoms. The van der Waals surface area contributed by atoms with Crippen LogP contribution < -0.4 is 5.32 Å². The number of nitrogens with one attached hydrogen (secondary N) is 1. The van der Waals surface area contributed by atoms with Gasteiger partial charge in [0.15, 0.2) is 0 Å². The minimum Gasteiger partial charge on any atom is -0.362 e. The standard InChI is InChI=1S/C8H12N2O/c1-5(2)10-4-6-3-7(10)8(11)9-6/h6-7H,1,3-4H2,2H3,(H,9,11). The van der Waals surface area contributed by atoms with Crippen molar-refractivity contribution in [2.45, 2.75) is 25.4 Å². The molecule has 3 heteroatoms. The van der Waals surface area contributed by atoms with Gasteiger partial charge in [-0.3, -0.25) is 4.79 Å². The molecule has 3 nitrogen and oxygen atoms in total. The summed E-state index contributed by atoms with van der Waals surface area (Å²) in [5.74, 6) is 0.171. The number of nitrogens with zero attached hydrogens (tertiary/aromatic N) is 1. The maximum atomic E-state index is 11.2. The van der Waals surface area contributed by atoms with Gasteiger partial charge in [0.1, 0.15) is 6.04 Å². The number of piperazine rings is 1. The first-order valence-electron chi connectivity index (χ1n) is 3.91. The van der Waals surface area contributed by atoms with E-state index in [2.05, 4.69) is 16.8 Å². The summed E-state index contributed by atoms with van der Waals surface area (Å²) in [4.78, 5) is 13.2. The Hall–Kier alpha value is -0.990. The molecule has 0 aliphatic carbocycles. The summed E-state index contributed by atoms with van der Waals surface area (Å²) in [6.07, 6.45) is 0.964. The Morgan fingerprint density at radius 3 is 2.91 bits per heavy atom. The molecule has 2 unspecified atom stereocenters. The molecule has 2 fully saturated rings. The quantitative estimate of drug-likeness (QED) is 0.577. The van der Waals surface area contributed by atoms with E-state index in [1.165, 1.54) is 0 Å². The highest BCUT2D eigenvalue weighted by molar-refractivity contribution is 5.85. The number of fused-ring (bicyclic) bond motifs is 2. The number of carbonyl (C=O) groups is 1. The predicted octanol–water partition coefficient (Wildman–Crippen LogP) is 0.0927. The lowest BCUT2D eigenvalue weighted by atomic mass is 10.2. The van der Waals surface area contributed by atoms with E-state index in [-0.39, 0.29) is 11.9 Å². The SMILES string of the molecule is C=C(C)N1CC2CC1C(=O)N2. The Morgan fingerprint density at radius 1 is 1.82 bits per heavy atom. The molecule has 0 aromatic carbocycles. The van der Waals surface area contributed by atoms with Crippen molar-refractivity contribution in [3.8, 4) is 0 Å². The molecule has 2 aliphatic rings. The zero-order valence-electron chi connectivity index (χ0n) is 6.63. The molecule has 60 valence electrons. The molecule has 0 aromatic heterocycles. The fourth-order valence-corrected chi connectivity index (χ4v) is 1.91. The Kier molecular flexibility index (Phi) is 1.22. The number of hydrogen-bond acceptors (Lipinski definition) is 2. The third-order valence-corrected chi connectivity index (χ3v) is 2.44. The van der Waals surface area contributed by atoms with Crippen molar-refractivity contribution < 1.29 is 4.79 Å². The van der Waals surface area contributed by atoms with Crippen LogP contribution in [0.1, 0.15) is 13.3 Å². The molecule has 2 rings (SSSR count). The minimum atomic E-state index is 0.0810. The van der Waals surface area contributed by atoms with Crippen LogP contribution in [0.5, 0.6) is 0 Å². The van der Waals surface area contributed by atoms with Crippen LogP contribution in [0.3, 0.4) is 0 Å². The topological polar surface area (TPSA) is 32.3 Å². The third-order valence-electron chi connectivity index (χ3n) is 2.44. The highest BCUT2D eigenvalue weighted by Crippen LogP contribution is 2.26. The maximum absolute atomic E-state index is 11.2. The summed E-state index contributed by atoms with van der Waals surface area (Å²) in [6.45, 7) is 6.74. The molecule has 0 spiro atoms. The summed E-state index contributed by atoms with van der Waals surface area (Å²) in [5.41, 5.74) is 1.01. The van der Waals surface area contributed by atoms with E-state index in [0.717, 1.165) is 18.7 Å². The van der Waals surface area contributed by atoms with Crippen LogP contribution in [0.4, 0.5) is 0 Å². The van der Waals surface area contributed by atoms with Gasteiger partial charge < -0.3 is 10.2 Å². The molecular formula is C8H12N2O. The van der Waals surface area contributed by atoms with Crippen molar-refractivity contribution in [3.05, 3.63) is 12.3 Å². The second-order valence-corrected chi connectivity index (χ2v) is 3.34. The van der Waals surface area contributed by atoms with Crippen molar-refractivity contribution in [3.63, 3.8) is 0 Å². The van der Waals surface area contributed by atoms with Crippen LogP contribution in [0, 0.1) is 0 Å². The molecule has 2 saturated heterocycles.